The first-order chi connectivity index (χ1) is 13.4. The summed E-state index contributed by atoms with van der Waals surface area (Å²) < 4.78 is 1.67. The highest BCUT2D eigenvalue weighted by Gasteiger charge is 2.18. The monoisotopic (exact) mass is 418 g/mol. The first kappa shape index (κ1) is 20.5. The van der Waals surface area contributed by atoms with Crippen LogP contribution in [-0.4, -0.2) is 26.2 Å². The molecule has 2 N–H and O–H groups in total. The lowest BCUT2D eigenvalue weighted by Crippen LogP contribution is -2.28. The third kappa shape index (κ3) is 4.42. The van der Waals surface area contributed by atoms with E-state index in [0.717, 1.165) is 17.7 Å². The van der Waals surface area contributed by atoms with Gasteiger partial charge < -0.3 is 10.3 Å². The van der Waals surface area contributed by atoms with Crippen LogP contribution in [0.15, 0.2) is 40.3 Å². The molecule has 3 aromatic rings. The molecule has 2 heterocycles. The van der Waals surface area contributed by atoms with Crippen LogP contribution in [0.5, 0.6) is 0 Å². The molecule has 0 unspecified atom stereocenters. The highest BCUT2D eigenvalue weighted by molar-refractivity contribution is 7.99. The number of nitrogens with zero attached hydrogens (tertiary/aromatic N) is 2. The zero-order valence-corrected chi connectivity index (χ0v) is 17.7. The second-order valence-corrected chi connectivity index (χ2v) is 8.05. The Bertz CT molecular complexity index is 1060. The van der Waals surface area contributed by atoms with Gasteiger partial charge in [0.05, 0.1) is 11.3 Å². The van der Waals surface area contributed by atoms with Gasteiger partial charge in [-0.2, -0.15) is 0 Å². The van der Waals surface area contributed by atoms with E-state index in [1.807, 2.05) is 45.0 Å². The molecule has 0 saturated heterocycles. The van der Waals surface area contributed by atoms with Gasteiger partial charge in [-0.05, 0) is 38.0 Å². The average molecular weight is 419 g/mol. The van der Waals surface area contributed by atoms with Crippen LogP contribution in [0.25, 0.3) is 11.0 Å². The van der Waals surface area contributed by atoms with Crippen molar-refractivity contribution in [1.29, 1.82) is 0 Å². The van der Waals surface area contributed by atoms with Gasteiger partial charge >= 0.3 is 0 Å². The summed E-state index contributed by atoms with van der Waals surface area (Å²) in [5, 5.41) is 4.04. The van der Waals surface area contributed by atoms with Gasteiger partial charge in [-0.15, -0.1) is 0 Å². The largest absolute Gasteiger partial charge is 0.353 e. The molecule has 0 spiro atoms. The summed E-state index contributed by atoms with van der Waals surface area (Å²) in [6, 6.07) is 9.23. The van der Waals surface area contributed by atoms with Crippen LogP contribution in [-0.2, 0) is 11.3 Å². The fourth-order valence-corrected chi connectivity index (χ4v) is 4.01. The van der Waals surface area contributed by atoms with Gasteiger partial charge in [0.2, 0.25) is 5.91 Å². The number of aromatic amines is 1. The molecule has 0 bridgehead atoms. The van der Waals surface area contributed by atoms with E-state index in [0.29, 0.717) is 27.8 Å². The maximum absolute atomic E-state index is 12.9. The predicted molar refractivity (Wildman–Crippen MR) is 114 cm³/mol. The highest BCUT2D eigenvalue weighted by Crippen LogP contribution is 2.22. The average Bonchev–Trinajstić information content (AvgIpc) is 3.06. The molecule has 6 nitrogen and oxygen atoms in total. The van der Waals surface area contributed by atoms with Gasteiger partial charge in [0.15, 0.2) is 5.16 Å². The fourth-order valence-electron chi connectivity index (χ4n) is 2.88. The van der Waals surface area contributed by atoms with Crippen molar-refractivity contribution in [3.8, 4) is 0 Å². The maximum Gasteiger partial charge on any atom is 0.278 e. The Labute approximate surface area is 172 Å². The van der Waals surface area contributed by atoms with Crippen molar-refractivity contribution >= 4 is 40.3 Å². The van der Waals surface area contributed by atoms with Crippen LogP contribution in [0.3, 0.4) is 0 Å². The highest BCUT2D eigenvalue weighted by atomic mass is 35.5. The van der Waals surface area contributed by atoms with Crippen LogP contribution in [0, 0.1) is 6.92 Å². The number of benzene rings is 1. The maximum atomic E-state index is 12.9. The van der Waals surface area contributed by atoms with E-state index in [1.165, 1.54) is 11.8 Å². The van der Waals surface area contributed by atoms with Gasteiger partial charge in [0.25, 0.3) is 5.56 Å². The van der Waals surface area contributed by atoms with E-state index < -0.39 is 0 Å². The molecule has 0 aliphatic heterocycles. The Morgan fingerprint density at radius 2 is 2.14 bits per heavy atom. The first-order valence-electron chi connectivity index (χ1n) is 9.15. The summed E-state index contributed by atoms with van der Waals surface area (Å²) in [7, 11) is 0. The second kappa shape index (κ2) is 8.84. The molecule has 1 amide bonds. The molecule has 0 aliphatic carbocycles. The smallest absolute Gasteiger partial charge is 0.278 e. The number of aryl methyl sites for hydroxylation is 1. The number of hydrogen-bond donors (Lipinski definition) is 2. The molecule has 0 aliphatic rings. The SMILES string of the molecule is CC[C@H](C)n1c(SCC(=O)NCc2ccccc2Cl)nc2cc(C)[nH]c2c1=O. The number of carbonyl (C=O) groups is 1. The van der Waals surface area contributed by atoms with Crippen molar-refractivity contribution in [2.24, 2.45) is 0 Å². The molecule has 0 radical (unpaired) electrons. The number of halogens is 1. The van der Waals surface area contributed by atoms with E-state index in [-0.39, 0.29) is 23.3 Å². The van der Waals surface area contributed by atoms with Crippen molar-refractivity contribution in [1.82, 2.24) is 19.9 Å². The first-order valence-corrected chi connectivity index (χ1v) is 10.5. The number of nitrogens with one attached hydrogen (secondary N) is 2. The van der Waals surface area contributed by atoms with E-state index in [9.17, 15) is 9.59 Å². The standard InChI is InChI=1S/C20H23ClN4O2S/c1-4-13(3)25-19(27)18-16(9-12(2)23-18)24-20(25)28-11-17(26)22-10-14-7-5-6-8-15(14)21/h5-9,13,23H,4,10-11H2,1-3H3,(H,22,26)/t13-/m0/s1. The molecule has 1 aromatic carbocycles. The Balaban J connectivity index is 1.76. The second-order valence-electron chi connectivity index (χ2n) is 6.70. The number of aromatic nitrogens is 3. The van der Waals surface area contributed by atoms with Gasteiger partial charge in [0.1, 0.15) is 5.52 Å². The minimum atomic E-state index is -0.139. The van der Waals surface area contributed by atoms with E-state index in [2.05, 4.69) is 15.3 Å². The third-order valence-electron chi connectivity index (χ3n) is 4.58. The summed E-state index contributed by atoms with van der Waals surface area (Å²) in [5.41, 5.74) is 2.77. The molecule has 0 saturated carbocycles. The molecule has 148 valence electrons. The lowest BCUT2D eigenvalue weighted by molar-refractivity contribution is -0.118. The predicted octanol–water partition coefficient (Wildman–Crippen LogP) is 4.07. The number of H-pyrrole nitrogens is 1. The summed E-state index contributed by atoms with van der Waals surface area (Å²) >= 11 is 7.39. The van der Waals surface area contributed by atoms with Gasteiger partial charge in [-0.3, -0.25) is 14.2 Å². The molecule has 3 rings (SSSR count). The molecule has 1 atom stereocenters. The van der Waals surface area contributed by atoms with Crippen LogP contribution in [0.4, 0.5) is 0 Å². The number of thioether (sulfide) groups is 1. The van der Waals surface area contributed by atoms with Gasteiger partial charge in [0, 0.05) is 23.3 Å². The zero-order valence-electron chi connectivity index (χ0n) is 16.1. The van der Waals surface area contributed by atoms with E-state index in [4.69, 9.17) is 11.6 Å². The van der Waals surface area contributed by atoms with Crippen molar-refractivity contribution in [3.05, 3.63) is 57.0 Å². The Hall–Kier alpha value is -2.25. The molecular weight excluding hydrogens is 396 g/mol. The molecule has 2 aromatic heterocycles. The lowest BCUT2D eigenvalue weighted by atomic mass is 10.2. The Kier molecular flexibility index (Phi) is 6.46. The van der Waals surface area contributed by atoms with Crippen LogP contribution in [0.1, 0.15) is 37.6 Å². The summed E-state index contributed by atoms with van der Waals surface area (Å²) in [5.74, 6) is 0.0302. The number of amides is 1. The third-order valence-corrected chi connectivity index (χ3v) is 5.91. The Morgan fingerprint density at radius 3 is 2.86 bits per heavy atom. The van der Waals surface area contributed by atoms with Crippen LogP contribution >= 0.6 is 23.4 Å². The van der Waals surface area contributed by atoms with E-state index in [1.54, 1.807) is 10.6 Å². The van der Waals surface area contributed by atoms with E-state index >= 15 is 0 Å². The molecule has 8 heteroatoms. The van der Waals surface area contributed by atoms with Gasteiger partial charge in [-0.25, -0.2) is 4.98 Å². The summed E-state index contributed by atoms with van der Waals surface area (Å²) in [6.45, 7) is 6.25. The summed E-state index contributed by atoms with van der Waals surface area (Å²) in [4.78, 5) is 32.9. The summed E-state index contributed by atoms with van der Waals surface area (Å²) in [6.07, 6.45) is 0.791. The van der Waals surface area contributed by atoms with Crippen LogP contribution < -0.4 is 10.9 Å². The number of fused-ring (bicyclic) bond motifs is 1. The fraction of sp³-hybridized carbons (Fsp3) is 0.350. The number of carbonyl (C=O) groups excluding carboxylic acids is 1. The molecular formula is C20H23ClN4O2S. The molecule has 28 heavy (non-hydrogen) atoms. The molecule has 0 fully saturated rings. The topological polar surface area (TPSA) is 79.8 Å². The zero-order chi connectivity index (χ0) is 20.3. The number of hydrogen-bond acceptors (Lipinski definition) is 4. The normalized spacial score (nSPS) is 12.3. The Morgan fingerprint density at radius 1 is 1.39 bits per heavy atom. The minimum absolute atomic E-state index is 0.0123. The number of rotatable bonds is 7. The minimum Gasteiger partial charge on any atom is -0.353 e. The van der Waals surface area contributed by atoms with Crippen molar-refractivity contribution < 1.29 is 4.79 Å². The van der Waals surface area contributed by atoms with Crippen LogP contribution in [0.2, 0.25) is 5.02 Å². The van der Waals surface area contributed by atoms with Crippen molar-refractivity contribution in [2.45, 2.75) is 44.9 Å². The van der Waals surface area contributed by atoms with Crippen molar-refractivity contribution in [2.75, 3.05) is 5.75 Å². The van der Waals surface area contributed by atoms with Crippen molar-refractivity contribution in [3.63, 3.8) is 0 Å². The lowest BCUT2D eigenvalue weighted by Gasteiger charge is -2.17. The quantitative estimate of drug-likeness (QED) is 0.447. The van der Waals surface area contributed by atoms with Gasteiger partial charge in [-0.1, -0.05) is 48.5 Å².